The lowest BCUT2D eigenvalue weighted by molar-refractivity contribution is 0.478. The summed E-state index contributed by atoms with van der Waals surface area (Å²) in [5, 5.41) is 23.2. The minimum Gasteiger partial charge on any atom is -0.504 e. The molecule has 154 valence electrons. The summed E-state index contributed by atoms with van der Waals surface area (Å²) in [4.78, 5) is 8.08. The van der Waals surface area contributed by atoms with Crippen LogP contribution in [0.25, 0.3) is 33.8 Å². The Balaban J connectivity index is 1.35. The molecule has 0 amide bonds. The number of benzene rings is 2. The van der Waals surface area contributed by atoms with E-state index in [1.807, 2.05) is 48.3 Å². The normalized spacial score (nSPS) is 13.2. The van der Waals surface area contributed by atoms with Gasteiger partial charge in [-0.25, -0.2) is 4.98 Å². The summed E-state index contributed by atoms with van der Waals surface area (Å²) in [6.45, 7) is 2.44. The third-order valence-electron chi connectivity index (χ3n) is 5.81. The van der Waals surface area contributed by atoms with Gasteiger partial charge >= 0.3 is 0 Å². The van der Waals surface area contributed by atoms with Gasteiger partial charge in [0.1, 0.15) is 11.4 Å². The van der Waals surface area contributed by atoms with Crippen molar-refractivity contribution >= 4 is 11.0 Å². The van der Waals surface area contributed by atoms with E-state index in [2.05, 4.69) is 32.6 Å². The number of nitrogens with one attached hydrogen (secondary N) is 2. The number of aromatic nitrogens is 6. The molecule has 3 aromatic heterocycles. The van der Waals surface area contributed by atoms with Gasteiger partial charge in [0, 0.05) is 38.1 Å². The number of fused-ring (bicyclic) bond motifs is 2. The summed E-state index contributed by atoms with van der Waals surface area (Å²) in [6, 6.07) is 14.2. The molecule has 5 aromatic rings. The summed E-state index contributed by atoms with van der Waals surface area (Å²) in [7, 11) is 1.82. The zero-order valence-electron chi connectivity index (χ0n) is 17.0. The van der Waals surface area contributed by atoms with E-state index in [1.165, 1.54) is 11.1 Å². The lowest BCUT2D eigenvalue weighted by Crippen LogP contribution is -1.99. The topological polar surface area (TPSA) is 96.6 Å². The van der Waals surface area contributed by atoms with E-state index >= 15 is 0 Å². The summed E-state index contributed by atoms with van der Waals surface area (Å²) in [6.07, 6.45) is 3.70. The second-order valence-corrected chi connectivity index (χ2v) is 7.90. The predicted octanol–water partition coefficient (Wildman–Crippen LogP) is 3.18. The van der Waals surface area contributed by atoms with Crippen LogP contribution in [-0.2, 0) is 26.7 Å². The molecular formula is C23H21N7O. The van der Waals surface area contributed by atoms with Crippen LogP contribution < -0.4 is 5.32 Å². The molecule has 0 bridgehead atoms. The van der Waals surface area contributed by atoms with Gasteiger partial charge in [-0.05, 0) is 34.9 Å². The molecule has 0 spiro atoms. The number of hydrogen-bond donors (Lipinski definition) is 3. The smallest absolute Gasteiger partial charge is 0.173 e. The highest BCUT2D eigenvalue weighted by Crippen LogP contribution is 2.37. The molecule has 31 heavy (non-hydrogen) atoms. The highest BCUT2D eigenvalue weighted by Gasteiger charge is 2.22. The predicted molar refractivity (Wildman–Crippen MR) is 117 cm³/mol. The van der Waals surface area contributed by atoms with Crippen LogP contribution in [-0.4, -0.2) is 34.6 Å². The van der Waals surface area contributed by atoms with Crippen molar-refractivity contribution in [2.45, 2.75) is 19.6 Å². The van der Waals surface area contributed by atoms with E-state index in [0.717, 1.165) is 35.2 Å². The summed E-state index contributed by atoms with van der Waals surface area (Å²) in [5.41, 5.74) is 7.50. The van der Waals surface area contributed by atoms with Gasteiger partial charge in [-0.2, -0.15) is 10.2 Å². The third-order valence-corrected chi connectivity index (χ3v) is 5.81. The van der Waals surface area contributed by atoms with Crippen molar-refractivity contribution < 1.29 is 5.11 Å². The maximum Gasteiger partial charge on any atom is 0.173 e. The SMILES string of the molecule is Cn1nc(-c2ccc(Cn3cccn3)cc2)c(O)c1-c1nc2cc3c(cc2[nH]1)CNC3. The molecule has 8 heteroatoms. The van der Waals surface area contributed by atoms with Gasteiger partial charge in [0.25, 0.3) is 0 Å². The Hall–Kier alpha value is -3.91. The number of H-pyrrole nitrogens is 1. The Labute approximate surface area is 178 Å². The van der Waals surface area contributed by atoms with E-state index in [9.17, 15) is 5.11 Å². The van der Waals surface area contributed by atoms with Gasteiger partial charge in [0.15, 0.2) is 11.6 Å². The van der Waals surface area contributed by atoms with Crippen LogP contribution in [0.4, 0.5) is 0 Å². The van der Waals surface area contributed by atoms with Crippen LogP contribution in [0.1, 0.15) is 16.7 Å². The van der Waals surface area contributed by atoms with Crippen LogP contribution in [0.15, 0.2) is 54.9 Å². The van der Waals surface area contributed by atoms with Gasteiger partial charge in [0.05, 0.1) is 17.6 Å². The quantitative estimate of drug-likeness (QED) is 0.422. The molecule has 0 saturated carbocycles. The number of imidazole rings is 1. The van der Waals surface area contributed by atoms with Crippen molar-refractivity contribution in [3.63, 3.8) is 0 Å². The van der Waals surface area contributed by atoms with Crippen molar-refractivity contribution in [1.29, 1.82) is 0 Å². The first-order chi connectivity index (χ1) is 15.2. The van der Waals surface area contributed by atoms with Crippen LogP contribution in [0.2, 0.25) is 0 Å². The monoisotopic (exact) mass is 411 g/mol. The van der Waals surface area contributed by atoms with Gasteiger partial charge in [-0.1, -0.05) is 24.3 Å². The molecule has 1 aliphatic heterocycles. The fraction of sp³-hybridized carbons (Fsp3) is 0.174. The van der Waals surface area contributed by atoms with Crippen molar-refractivity contribution in [1.82, 2.24) is 34.8 Å². The maximum atomic E-state index is 11.0. The fourth-order valence-electron chi connectivity index (χ4n) is 4.24. The molecule has 6 rings (SSSR count). The second kappa shape index (κ2) is 6.82. The Morgan fingerprint density at radius 1 is 1.10 bits per heavy atom. The molecule has 8 nitrogen and oxygen atoms in total. The molecule has 0 unspecified atom stereocenters. The molecule has 1 aliphatic rings. The number of aromatic hydroxyl groups is 1. The van der Waals surface area contributed by atoms with E-state index < -0.39 is 0 Å². The van der Waals surface area contributed by atoms with E-state index in [4.69, 9.17) is 4.98 Å². The van der Waals surface area contributed by atoms with Gasteiger partial charge < -0.3 is 15.4 Å². The number of aryl methyl sites for hydroxylation is 1. The van der Waals surface area contributed by atoms with Crippen LogP contribution in [0.5, 0.6) is 5.75 Å². The van der Waals surface area contributed by atoms with Crippen molar-refractivity contribution in [3.05, 3.63) is 71.5 Å². The van der Waals surface area contributed by atoms with Gasteiger partial charge in [-0.15, -0.1) is 0 Å². The molecule has 0 fully saturated rings. The van der Waals surface area contributed by atoms with Gasteiger partial charge in [-0.3, -0.25) is 9.36 Å². The van der Waals surface area contributed by atoms with Gasteiger partial charge in [0.2, 0.25) is 0 Å². The molecule has 0 aliphatic carbocycles. The molecule has 2 aromatic carbocycles. The molecule has 0 atom stereocenters. The van der Waals surface area contributed by atoms with Crippen molar-refractivity contribution in [2.75, 3.05) is 0 Å². The molecule has 0 radical (unpaired) electrons. The Bertz CT molecular complexity index is 1350. The first kappa shape index (κ1) is 17.9. The number of nitrogens with zero attached hydrogens (tertiary/aromatic N) is 5. The lowest BCUT2D eigenvalue weighted by atomic mass is 10.1. The Morgan fingerprint density at radius 2 is 1.90 bits per heavy atom. The van der Waals surface area contributed by atoms with Crippen molar-refractivity contribution in [2.24, 2.45) is 7.05 Å². The Kier molecular flexibility index (Phi) is 3.94. The average molecular weight is 411 g/mol. The third kappa shape index (κ3) is 3.00. The van der Waals surface area contributed by atoms with E-state index in [1.54, 1.807) is 10.9 Å². The lowest BCUT2D eigenvalue weighted by Gasteiger charge is -2.03. The number of aromatic amines is 1. The van der Waals surface area contributed by atoms with E-state index in [0.29, 0.717) is 23.8 Å². The summed E-state index contributed by atoms with van der Waals surface area (Å²) in [5.74, 6) is 0.733. The van der Waals surface area contributed by atoms with Crippen molar-refractivity contribution in [3.8, 4) is 28.5 Å². The average Bonchev–Trinajstić information content (AvgIpc) is 3.54. The van der Waals surface area contributed by atoms with Crippen LogP contribution >= 0.6 is 0 Å². The zero-order chi connectivity index (χ0) is 20.9. The van der Waals surface area contributed by atoms with Crippen LogP contribution in [0.3, 0.4) is 0 Å². The molecule has 0 saturated heterocycles. The molecule has 4 heterocycles. The minimum absolute atomic E-state index is 0.121. The molecule has 3 N–H and O–H groups in total. The fourth-order valence-corrected chi connectivity index (χ4v) is 4.24. The number of hydrogen-bond acceptors (Lipinski definition) is 5. The zero-order valence-corrected chi connectivity index (χ0v) is 17.0. The van der Waals surface area contributed by atoms with Crippen LogP contribution in [0, 0.1) is 0 Å². The second-order valence-electron chi connectivity index (χ2n) is 7.90. The van der Waals surface area contributed by atoms with E-state index in [-0.39, 0.29) is 5.75 Å². The first-order valence-electron chi connectivity index (χ1n) is 10.2. The first-order valence-corrected chi connectivity index (χ1v) is 10.2. The highest BCUT2D eigenvalue weighted by molar-refractivity contribution is 5.83. The Morgan fingerprint density at radius 3 is 2.68 bits per heavy atom. The minimum atomic E-state index is 0.121. The summed E-state index contributed by atoms with van der Waals surface area (Å²) >= 11 is 0. The number of rotatable bonds is 4. The largest absolute Gasteiger partial charge is 0.504 e. The molecular weight excluding hydrogens is 390 g/mol. The highest BCUT2D eigenvalue weighted by atomic mass is 16.3. The summed E-state index contributed by atoms with van der Waals surface area (Å²) < 4.78 is 3.55. The maximum absolute atomic E-state index is 11.0. The standard InChI is InChI=1S/C23H21N7O/c1-29-21(23-26-18-9-16-11-24-12-17(16)10-19(18)27-23)22(31)20(28-29)15-5-3-14(4-6-15)13-30-8-2-7-25-30/h2-10,24,31H,11-13H2,1H3,(H,26,27).